The van der Waals surface area contributed by atoms with Crippen LogP contribution in [0.5, 0.6) is 0 Å². The van der Waals surface area contributed by atoms with Crippen LogP contribution in [0.25, 0.3) is 0 Å². The molecule has 1 fully saturated rings. The number of carboxylic acids is 1. The van der Waals surface area contributed by atoms with Gasteiger partial charge in [-0.1, -0.05) is 6.92 Å². The summed E-state index contributed by atoms with van der Waals surface area (Å²) in [4.78, 5) is 24.3. The smallest absolute Gasteiger partial charge is 0.303 e. The number of hydrogen-bond donors (Lipinski definition) is 1. The summed E-state index contributed by atoms with van der Waals surface area (Å²) in [6, 6.07) is 0. The summed E-state index contributed by atoms with van der Waals surface area (Å²) in [7, 11) is 0. The van der Waals surface area contributed by atoms with Crippen LogP contribution < -0.4 is 0 Å². The molecular formula is C13H23NO4. The molecule has 0 bridgehead atoms. The summed E-state index contributed by atoms with van der Waals surface area (Å²) in [5, 5.41) is 8.81. The molecule has 1 saturated heterocycles. The first kappa shape index (κ1) is 15.0. The van der Waals surface area contributed by atoms with Gasteiger partial charge < -0.3 is 14.7 Å². The lowest BCUT2D eigenvalue weighted by atomic mass is 9.84. The standard InChI is InChI=1S/C13H23NO4/c1-3-18-9-12(15)14-6-4-5-11(8-14)10(2)7-13(16)17/h10-11H,3-9H2,1-2H3,(H,16,17). The first-order valence-electron chi connectivity index (χ1n) is 6.61. The predicted octanol–water partition coefficient (Wildman–Crippen LogP) is 1.37. The molecule has 1 heterocycles. The Morgan fingerprint density at radius 3 is 2.83 bits per heavy atom. The molecular weight excluding hydrogens is 234 g/mol. The molecule has 2 unspecified atom stereocenters. The highest BCUT2D eigenvalue weighted by Gasteiger charge is 2.28. The zero-order chi connectivity index (χ0) is 13.5. The minimum Gasteiger partial charge on any atom is -0.481 e. The van der Waals surface area contributed by atoms with Crippen LogP contribution >= 0.6 is 0 Å². The molecule has 0 saturated carbocycles. The van der Waals surface area contributed by atoms with E-state index in [4.69, 9.17) is 9.84 Å². The Kier molecular flexibility index (Phi) is 6.12. The van der Waals surface area contributed by atoms with Gasteiger partial charge in [-0.2, -0.15) is 0 Å². The van der Waals surface area contributed by atoms with E-state index in [1.165, 1.54) is 0 Å². The maximum atomic E-state index is 11.8. The van der Waals surface area contributed by atoms with Crippen LogP contribution in [-0.2, 0) is 14.3 Å². The first-order chi connectivity index (χ1) is 8.54. The zero-order valence-corrected chi connectivity index (χ0v) is 11.2. The lowest BCUT2D eigenvalue weighted by Gasteiger charge is -2.35. The summed E-state index contributed by atoms with van der Waals surface area (Å²) in [6.45, 7) is 5.92. The maximum absolute atomic E-state index is 11.8. The molecule has 5 heteroatoms. The Balaban J connectivity index is 2.44. The van der Waals surface area contributed by atoms with Crippen molar-refractivity contribution in [3.63, 3.8) is 0 Å². The summed E-state index contributed by atoms with van der Waals surface area (Å²) in [6.07, 6.45) is 2.14. The molecule has 0 spiro atoms. The van der Waals surface area contributed by atoms with E-state index in [0.29, 0.717) is 19.1 Å². The molecule has 1 N–H and O–H groups in total. The minimum atomic E-state index is -0.764. The van der Waals surface area contributed by atoms with Crippen molar-refractivity contribution < 1.29 is 19.4 Å². The van der Waals surface area contributed by atoms with Gasteiger partial charge in [-0.25, -0.2) is 0 Å². The van der Waals surface area contributed by atoms with Crippen molar-refractivity contribution in [3.05, 3.63) is 0 Å². The molecule has 2 atom stereocenters. The van der Waals surface area contributed by atoms with Crippen molar-refractivity contribution >= 4 is 11.9 Å². The summed E-state index contributed by atoms with van der Waals surface area (Å²) in [5.74, 6) is -0.338. The fourth-order valence-corrected chi connectivity index (χ4v) is 2.42. The van der Waals surface area contributed by atoms with Crippen LogP contribution in [0.1, 0.15) is 33.1 Å². The van der Waals surface area contributed by atoms with E-state index in [0.717, 1.165) is 19.4 Å². The van der Waals surface area contributed by atoms with Crippen LogP contribution in [-0.4, -0.2) is 48.2 Å². The Morgan fingerprint density at radius 1 is 1.50 bits per heavy atom. The number of aliphatic carboxylic acids is 1. The summed E-state index contributed by atoms with van der Waals surface area (Å²) >= 11 is 0. The highest BCUT2D eigenvalue weighted by Crippen LogP contribution is 2.26. The molecule has 5 nitrogen and oxygen atoms in total. The van der Waals surface area contributed by atoms with Gasteiger partial charge in [-0.05, 0) is 31.6 Å². The topological polar surface area (TPSA) is 66.8 Å². The van der Waals surface area contributed by atoms with Gasteiger partial charge in [0, 0.05) is 26.1 Å². The second-order valence-electron chi connectivity index (χ2n) is 4.95. The minimum absolute atomic E-state index is 0.0177. The number of rotatable bonds is 6. The van der Waals surface area contributed by atoms with Crippen LogP contribution in [0.3, 0.4) is 0 Å². The van der Waals surface area contributed by atoms with Crippen LogP contribution in [0.2, 0.25) is 0 Å². The molecule has 104 valence electrons. The van der Waals surface area contributed by atoms with Crippen LogP contribution in [0.15, 0.2) is 0 Å². The summed E-state index contributed by atoms with van der Waals surface area (Å²) in [5.41, 5.74) is 0. The summed E-state index contributed by atoms with van der Waals surface area (Å²) < 4.78 is 5.12. The predicted molar refractivity (Wildman–Crippen MR) is 67.2 cm³/mol. The van der Waals surface area contributed by atoms with E-state index >= 15 is 0 Å². The molecule has 0 aromatic heterocycles. The number of piperidine rings is 1. The van der Waals surface area contributed by atoms with Gasteiger partial charge in [-0.15, -0.1) is 0 Å². The molecule has 1 aliphatic heterocycles. The average molecular weight is 257 g/mol. The number of amides is 1. The van der Waals surface area contributed by atoms with Gasteiger partial charge in [0.15, 0.2) is 0 Å². The molecule has 1 aliphatic rings. The van der Waals surface area contributed by atoms with Crippen molar-refractivity contribution in [2.75, 3.05) is 26.3 Å². The lowest BCUT2D eigenvalue weighted by molar-refractivity contribution is -0.139. The molecule has 0 aromatic rings. The van der Waals surface area contributed by atoms with Gasteiger partial charge in [0.2, 0.25) is 5.91 Å². The lowest BCUT2D eigenvalue weighted by Crippen LogP contribution is -2.43. The second-order valence-corrected chi connectivity index (χ2v) is 4.95. The normalized spacial score (nSPS) is 21.7. The Labute approximate surface area is 108 Å². The fourth-order valence-electron chi connectivity index (χ4n) is 2.42. The first-order valence-corrected chi connectivity index (χ1v) is 6.61. The average Bonchev–Trinajstić information content (AvgIpc) is 2.35. The third-order valence-electron chi connectivity index (χ3n) is 3.54. The highest BCUT2D eigenvalue weighted by atomic mass is 16.5. The molecule has 1 amide bonds. The third-order valence-corrected chi connectivity index (χ3v) is 3.54. The molecule has 0 aliphatic carbocycles. The molecule has 0 aromatic carbocycles. The molecule has 0 radical (unpaired) electrons. The van der Waals surface area contributed by atoms with Gasteiger partial charge in [-0.3, -0.25) is 9.59 Å². The third kappa shape index (κ3) is 4.64. The number of carbonyl (C=O) groups is 2. The number of ether oxygens (including phenoxy) is 1. The van der Waals surface area contributed by atoms with Crippen molar-refractivity contribution in [1.82, 2.24) is 4.90 Å². The monoisotopic (exact) mass is 257 g/mol. The van der Waals surface area contributed by atoms with Gasteiger partial charge >= 0.3 is 5.97 Å². The number of hydrogen-bond acceptors (Lipinski definition) is 3. The number of nitrogens with zero attached hydrogens (tertiary/aromatic N) is 1. The SMILES string of the molecule is CCOCC(=O)N1CCCC(C(C)CC(=O)O)C1. The van der Waals surface area contributed by atoms with Crippen molar-refractivity contribution in [2.24, 2.45) is 11.8 Å². The fraction of sp³-hybridized carbons (Fsp3) is 0.846. The van der Waals surface area contributed by atoms with Gasteiger partial charge in [0.25, 0.3) is 0 Å². The van der Waals surface area contributed by atoms with E-state index in [1.807, 2.05) is 18.7 Å². The van der Waals surface area contributed by atoms with Gasteiger partial charge in [0.1, 0.15) is 6.61 Å². The second kappa shape index (κ2) is 7.36. The maximum Gasteiger partial charge on any atom is 0.303 e. The van der Waals surface area contributed by atoms with E-state index in [1.54, 1.807) is 0 Å². The van der Waals surface area contributed by atoms with Crippen molar-refractivity contribution in [2.45, 2.75) is 33.1 Å². The van der Waals surface area contributed by atoms with E-state index < -0.39 is 5.97 Å². The van der Waals surface area contributed by atoms with Gasteiger partial charge in [0.05, 0.1) is 0 Å². The highest BCUT2D eigenvalue weighted by molar-refractivity contribution is 5.77. The Bertz CT molecular complexity index is 293. The number of likely N-dealkylation sites (tertiary alicyclic amines) is 1. The zero-order valence-electron chi connectivity index (χ0n) is 11.2. The number of carboxylic acid groups (broad SMARTS) is 1. The molecule has 1 rings (SSSR count). The Morgan fingerprint density at radius 2 is 2.22 bits per heavy atom. The van der Waals surface area contributed by atoms with E-state index in [-0.39, 0.29) is 24.9 Å². The van der Waals surface area contributed by atoms with Crippen molar-refractivity contribution in [3.8, 4) is 0 Å². The van der Waals surface area contributed by atoms with E-state index in [2.05, 4.69) is 0 Å². The van der Waals surface area contributed by atoms with Crippen molar-refractivity contribution in [1.29, 1.82) is 0 Å². The van der Waals surface area contributed by atoms with Crippen LogP contribution in [0, 0.1) is 11.8 Å². The quantitative estimate of drug-likeness (QED) is 0.780. The number of carbonyl (C=O) groups excluding carboxylic acids is 1. The Hall–Kier alpha value is -1.10. The van der Waals surface area contributed by atoms with Crippen LogP contribution in [0.4, 0.5) is 0 Å². The molecule has 18 heavy (non-hydrogen) atoms. The largest absolute Gasteiger partial charge is 0.481 e. The van der Waals surface area contributed by atoms with E-state index in [9.17, 15) is 9.59 Å².